The molecule has 6 atom stereocenters. The fourth-order valence-corrected chi connectivity index (χ4v) is 4.69. The van der Waals surface area contributed by atoms with Crippen LogP contribution in [0.25, 0.3) is 0 Å². The number of phenolic OH excluding ortho intramolecular Hbond substituents is 1. The van der Waals surface area contributed by atoms with Crippen LogP contribution in [-0.2, 0) is 44.8 Å². The van der Waals surface area contributed by atoms with Crippen molar-refractivity contribution in [3.8, 4) is 5.75 Å². The number of hydrogen-bond donors (Lipinski definition) is 11. The van der Waals surface area contributed by atoms with Gasteiger partial charge in [-0.3, -0.25) is 33.6 Å². The molecule has 0 radical (unpaired) electrons. The third kappa shape index (κ3) is 16.3. The summed E-state index contributed by atoms with van der Waals surface area (Å²) in [4.78, 5) is 101. The van der Waals surface area contributed by atoms with E-state index in [9.17, 15) is 63.9 Å². The third-order valence-corrected chi connectivity index (χ3v) is 7.23. The van der Waals surface area contributed by atoms with Gasteiger partial charge in [-0.05, 0) is 42.4 Å². The second-order valence-electron chi connectivity index (χ2n) is 12.8. The Balaban J connectivity index is 3.25. The second-order valence-corrected chi connectivity index (χ2v) is 12.8. The average Bonchev–Trinajstić information content (AvgIpc) is 3.02. The van der Waals surface area contributed by atoms with Crippen LogP contribution in [0.3, 0.4) is 0 Å². The first kappa shape index (κ1) is 43.7. The predicted octanol–water partition coefficient (Wildman–Crippen LogP) is -2.20. The van der Waals surface area contributed by atoms with E-state index in [-0.39, 0.29) is 36.8 Å². The fraction of sp³-hybridized carbons (Fsp3) is 0.562. The number of carbonyl (C=O) groups is 8. The Morgan fingerprint density at radius 3 is 1.29 bits per heavy atom. The molecule has 12 N–H and O–H groups in total. The summed E-state index contributed by atoms with van der Waals surface area (Å²) >= 11 is 0. The SMILES string of the molecule is CC(C)C[C@H](NC(=O)[C@H](CC(=O)O)NC(=O)[C@H](CC(C)C)NC(=O)[C@@H](N)CO)C(=O)N[C@@H](CC(=O)O)C(=O)N[C@@H](Cc1ccc(O)cc1)C(=O)O. The highest BCUT2D eigenvalue weighted by Gasteiger charge is 2.34. The number of amides is 5. The third-order valence-electron chi connectivity index (χ3n) is 7.23. The van der Waals surface area contributed by atoms with Crippen LogP contribution in [-0.4, -0.2) is 116 Å². The molecule has 51 heavy (non-hydrogen) atoms. The minimum Gasteiger partial charge on any atom is -0.508 e. The van der Waals surface area contributed by atoms with E-state index in [1.807, 2.05) is 0 Å². The Kier molecular flexibility index (Phi) is 18.0. The summed E-state index contributed by atoms with van der Waals surface area (Å²) in [7, 11) is 0. The van der Waals surface area contributed by atoms with E-state index in [2.05, 4.69) is 26.6 Å². The molecule has 284 valence electrons. The summed E-state index contributed by atoms with van der Waals surface area (Å²) in [6.45, 7) is 6.07. The molecule has 0 saturated heterocycles. The molecule has 0 fully saturated rings. The molecule has 0 heterocycles. The first-order valence-electron chi connectivity index (χ1n) is 16.1. The van der Waals surface area contributed by atoms with Crippen LogP contribution in [0.1, 0.15) is 58.9 Å². The van der Waals surface area contributed by atoms with E-state index in [0.29, 0.717) is 5.56 Å². The van der Waals surface area contributed by atoms with Crippen molar-refractivity contribution >= 4 is 47.4 Å². The Bertz CT molecular complexity index is 1400. The number of rotatable bonds is 22. The monoisotopic (exact) mass is 724 g/mol. The van der Waals surface area contributed by atoms with E-state index in [1.54, 1.807) is 27.7 Å². The zero-order valence-corrected chi connectivity index (χ0v) is 28.8. The Hall–Kier alpha value is -5.30. The largest absolute Gasteiger partial charge is 0.508 e. The van der Waals surface area contributed by atoms with E-state index < -0.39 is 103 Å². The summed E-state index contributed by atoms with van der Waals surface area (Å²) in [5.41, 5.74) is 5.93. The van der Waals surface area contributed by atoms with Crippen LogP contribution in [0.2, 0.25) is 0 Å². The molecule has 0 aliphatic rings. The lowest BCUT2D eigenvalue weighted by atomic mass is 10.0. The molecule has 1 aromatic carbocycles. The highest BCUT2D eigenvalue weighted by atomic mass is 16.4. The van der Waals surface area contributed by atoms with E-state index >= 15 is 0 Å². The maximum atomic E-state index is 13.4. The van der Waals surface area contributed by atoms with Gasteiger partial charge in [0.1, 0.15) is 42.0 Å². The predicted molar refractivity (Wildman–Crippen MR) is 178 cm³/mol. The smallest absolute Gasteiger partial charge is 0.326 e. The Labute approximate surface area is 293 Å². The molecule has 19 heteroatoms. The zero-order valence-electron chi connectivity index (χ0n) is 28.8. The van der Waals surface area contributed by atoms with Gasteiger partial charge in [-0.25, -0.2) is 4.79 Å². The normalized spacial score (nSPS) is 14.6. The summed E-state index contributed by atoms with van der Waals surface area (Å²) in [5, 5.41) is 58.6. The number of hydrogen-bond acceptors (Lipinski definition) is 11. The number of carboxylic acids is 3. The number of aromatic hydroxyl groups is 1. The minimum atomic E-state index is -1.82. The number of nitrogens with one attached hydrogen (secondary N) is 5. The maximum Gasteiger partial charge on any atom is 0.326 e. The highest BCUT2D eigenvalue weighted by molar-refractivity contribution is 5.98. The molecule has 0 bridgehead atoms. The Morgan fingerprint density at radius 1 is 0.588 bits per heavy atom. The maximum absolute atomic E-state index is 13.4. The number of carboxylic acid groups (broad SMARTS) is 3. The van der Waals surface area contributed by atoms with Crippen LogP contribution < -0.4 is 32.3 Å². The van der Waals surface area contributed by atoms with Gasteiger partial charge in [0.05, 0.1) is 19.4 Å². The van der Waals surface area contributed by atoms with Crippen molar-refractivity contribution in [3.63, 3.8) is 0 Å². The summed E-state index contributed by atoms with van der Waals surface area (Å²) in [6.07, 6.45) is -2.25. The molecule has 0 aliphatic carbocycles. The van der Waals surface area contributed by atoms with E-state index in [0.717, 1.165) is 0 Å². The lowest BCUT2D eigenvalue weighted by Gasteiger charge is -2.27. The number of aliphatic hydroxyl groups is 1. The highest BCUT2D eigenvalue weighted by Crippen LogP contribution is 2.13. The van der Waals surface area contributed by atoms with Gasteiger partial charge in [0.2, 0.25) is 29.5 Å². The Morgan fingerprint density at radius 2 is 0.941 bits per heavy atom. The van der Waals surface area contributed by atoms with Crippen molar-refractivity contribution in [2.45, 2.75) is 96.1 Å². The molecule has 19 nitrogen and oxygen atoms in total. The van der Waals surface area contributed by atoms with Crippen LogP contribution in [0.4, 0.5) is 0 Å². The molecule has 0 aliphatic heterocycles. The lowest BCUT2D eigenvalue weighted by Crippen LogP contribution is -2.60. The van der Waals surface area contributed by atoms with Gasteiger partial charge in [-0.15, -0.1) is 0 Å². The second kappa shape index (κ2) is 21.0. The average molecular weight is 725 g/mol. The van der Waals surface area contributed by atoms with Gasteiger partial charge in [-0.2, -0.15) is 0 Å². The molecular formula is C32H48N6O13. The first-order chi connectivity index (χ1) is 23.7. The standard InChI is InChI=1S/C32H48N6O13/c1-15(2)9-20(34-27(45)19(33)14-39)28(46)36-22(12-25(41)42)30(48)35-21(10-16(3)4)29(47)37-23(13-26(43)44)31(49)38-24(32(50)51)11-17-5-7-18(40)8-6-17/h5-8,15-16,19-24,39-40H,9-14,33H2,1-4H3,(H,34,45)(H,35,48)(H,36,46)(H,37,47)(H,38,49)(H,41,42)(H,43,44)(H,50,51)/t19-,20-,21-,22-,23-,24-/m0/s1. The number of carbonyl (C=O) groups excluding carboxylic acids is 5. The van der Waals surface area contributed by atoms with Crippen LogP contribution in [0, 0.1) is 11.8 Å². The van der Waals surface area contributed by atoms with Crippen LogP contribution >= 0.6 is 0 Å². The number of phenols is 1. The van der Waals surface area contributed by atoms with Gasteiger partial charge < -0.3 is 57.9 Å². The van der Waals surface area contributed by atoms with Gasteiger partial charge in [-0.1, -0.05) is 39.8 Å². The van der Waals surface area contributed by atoms with Gasteiger partial charge in [0.15, 0.2) is 0 Å². The molecule has 0 unspecified atom stereocenters. The number of aliphatic carboxylic acids is 3. The number of nitrogens with two attached hydrogens (primary N) is 1. The van der Waals surface area contributed by atoms with Crippen molar-refractivity contribution in [3.05, 3.63) is 29.8 Å². The molecule has 1 rings (SSSR count). The van der Waals surface area contributed by atoms with E-state index in [4.69, 9.17) is 5.73 Å². The van der Waals surface area contributed by atoms with Crippen LogP contribution in [0.15, 0.2) is 24.3 Å². The molecule has 5 amide bonds. The summed E-state index contributed by atoms with van der Waals surface area (Å²) in [5.74, 6) is -10.3. The van der Waals surface area contributed by atoms with Gasteiger partial charge in [0, 0.05) is 6.42 Å². The van der Waals surface area contributed by atoms with Crippen molar-refractivity contribution in [1.82, 2.24) is 26.6 Å². The van der Waals surface area contributed by atoms with Crippen molar-refractivity contribution in [1.29, 1.82) is 0 Å². The van der Waals surface area contributed by atoms with Gasteiger partial charge in [0.25, 0.3) is 0 Å². The molecule has 0 aromatic heterocycles. The van der Waals surface area contributed by atoms with Crippen molar-refractivity contribution in [2.75, 3.05) is 6.61 Å². The van der Waals surface area contributed by atoms with Crippen LogP contribution in [0.5, 0.6) is 5.75 Å². The van der Waals surface area contributed by atoms with Crippen molar-refractivity contribution < 1.29 is 63.9 Å². The molecule has 0 spiro atoms. The van der Waals surface area contributed by atoms with Gasteiger partial charge >= 0.3 is 17.9 Å². The fourth-order valence-electron chi connectivity index (χ4n) is 4.69. The quantitative estimate of drug-likeness (QED) is 0.0605. The summed E-state index contributed by atoms with van der Waals surface area (Å²) < 4.78 is 0. The minimum absolute atomic E-state index is 0.0419. The van der Waals surface area contributed by atoms with Crippen molar-refractivity contribution in [2.24, 2.45) is 17.6 Å². The molecule has 1 aromatic rings. The number of aliphatic hydroxyl groups excluding tert-OH is 1. The topological polar surface area (TPSA) is 324 Å². The lowest BCUT2D eigenvalue weighted by molar-refractivity contribution is -0.143. The molecular weight excluding hydrogens is 676 g/mol. The first-order valence-corrected chi connectivity index (χ1v) is 16.1. The zero-order chi connectivity index (χ0) is 39.0. The van der Waals surface area contributed by atoms with E-state index in [1.165, 1.54) is 24.3 Å². The number of benzene rings is 1. The molecule has 0 saturated carbocycles. The summed E-state index contributed by atoms with van der Waals surface area (Å²) in [6, 6.07) is -3.85.